The van der Waals surface area contributed by atoms with Gasteiger partial charge in [-0.05, 0) is 35.9 Å². The monoisotopic (exact) mass is 292 g/mol. The first-order valence-corrected chi connectivity index (χ1v) is 6.31. The highest BCUT2D eigenvalue weighted by Crippen LogP contribution is 2.25. The predicted octanol–water partition coefficient (Wildman–Crippen LogP) is 3.87. The van der Waals surface area contributed by atoms with Crippen molar-refractivity contribution in [1.29, 1.82) is 0 Å². The van der Waals surface area contributed by atoms with Crippen molar-refractivity contribution in [3.05, 3.63) is 63.2 Å². The summed E-state index contributed by atoms with van der Waals surface area (Å²) in [6, 6.07) is 11.9. The first-order valence-electron chi connectivity index (χ1n) is 5.93. The minimum absolute atomic E-state index is 0.0321. The van der Waals surface area contributed by atoms with Gasteiger partial charge in [0.2, 0.25) is 0 Å². The molecule has 5 nitrogen and oxygen atoms in total. The zero-order chi connectivity index (χ0) is 14.5. The molecule has 0 aliphatic heterocycles. The van der Waals surface area contributed by atoms with E-state index in [4.69, 9.17) is 16.3 Å². The molecular formula is C14H13ClN2O3. The number of benzene rings is 2. The van der Waals surface area contributed by atoms with Crippen molar-refractivity contribution >= 4 is 23.0 Å². The summed E-state index contributed by atoms with van der Waals surface area (Å²) >= 11 is 5.78. The molecule has 0 aliphatic carbocycles. The molecule has 0 heterocycles. The molecule has 0 spiro atoms. The smallest absolute Gasteiger partial charge is 0.292 e. The fourth-order valence-corrected chi connectivity index (χ4v) is 1.85. The molecule has 0 fully saturated rings. The fraction of sp³-hybridized carbons (Fsp3) is 0.143. The van der Waals surface area contributed by atoms with Gasteiger partial charge in [0.15, 0.2) is 0 Å². The topological polar surface area (TPSA) is 64.4 Å². The van der Waals surface area contributed by atoms with Gasteiger partial charge in [-0.15, -0.1) is 0 Å². The molecule has 2 aromatic rings. The van der Waals surface area contributed by atoms with Crippen LogP contribution in [0, 0.1) is 10.1 Å². The lowest BCUT2D eigenvalue weighted by Crippen LogP contribution is -2.00. The van der Waals surface area contributed by atoms with Crippen molar-refractivity contribution in [2.75, 3.05) is 12.4 Å². The van der Waals surface area contributed by atoms with Gasteiger partial charge < -0.3 is 10.1 Å². The number of nitrogens with zero attached hydrogens (tertiary/aromatic N) is 1. The standard InChI is InChI=1S/C14H13ClN2O3/c1-16-13-7-2-10(8-14(13)17(18)19)9-20-12-5-3-11(15)4-6-12/h2-8,16H,9H2,1H3. The lowest BCUT2D eigenvalue weighted by Gasteiger charge is -2.08. The van der Waals surface area contributed by atoms with E-state index in [2.05, 4.69) is 5.32 Å². The number of ether oxygens (including phenoxy) is 1. The van der Waals surface area contributed by atoms with Crippen LogP contribution < -0.4 is 10.1 Å². The Balaban J connectivity index is 2.11. The number of hydrogen-bond donors (Lipinski definition) is 1. The van der Waals surface area contributed by atoms with Gasteiger partial charge in [-0.1, -0.05) is 17.7 Å². The maximum atomic E-state index is 11.0. The fourth-order valence-electron chi connectivity index (χ4n) is 1.73. The molecule has 2 aromatic carbocycles. The SMILES string of the molecule is CNc1ccc(COc2ccc(Cl)cc2)cc1[N+](=O)[O-]. The van der Waals surface area contributed by atoms with Gasteiger partial charge in [0.05, 0.1) is 4.92 Å². The zero-order valence-corrected chi connectivity index (χ0v) is 11.6. The number of halogens is 1. The van der Waals surface area contributed by atoms with E-state index in [-0.39, 0.29) is 12.3 Å². The molecule has 0 unspecified atom stereocenters. The quantitative estimate of drug-likeness (QED) is 0.671. The molecule has 0 bridgehead atoms. The molecular weight excluding hydrogens is 280 g/mol. The maximum absolute atomic E-state index is 11.0. The molecule has 0 amide bonds. The number of nitro benzene ring substituents is 1. The van der Waals surface area contributed by atoms with Crippen LogP contribution in [0.15, 0.2) is 42.5 Å². The van der Waals surface area contributed by atoms with Crippen LogP contribution in [-0.4, -0.2) is 12.0 Å². The maximum Gasteiger partial charge on any atom is 0.292 e. The normalized spacial score (nSPS) is 10.1. The summed E-state index contributed by atoms with van der Waals surface area (Å²) in [5, 5.41) is 14.4. The second-order valence-electron chi connectivity index (χ2n) is 4.10. The molecule has 104 valence electrons. The van der Waals surface area contributed by atoms with Gasteiger partial charge in [0, 0.05) is 18.1 Å². The molecule has 6 heteroatoms. The van der Waals surface area contributed by atoms with Gasteiger partial charge in [-0.25, -0.2) is 0 Å². The van der Waals surface area contributed by atoms with Crippen LogP contribution in [0.1, 0.15) is 5.56 Å². The van der Waals surface area contributed by atoms with E-state index < -0.39 is 4.92 Å². The average Bonchev–Trinajstić information content (AvgIpc) is 2.46. The summed E-state index contributed by atoms with van der Waals surface area (Å²) in [5.41, 5.74) is 1.24. The van der Waals surface area contributed by atoms with Gasteiger partial charge in [-0.2, -0.15) is 0 Å². The molecule has 0 saturated heterocycles. The minimum atomic E-state index is -0.419. The zero-order valence-electron chi connectivity index (χ0n) is 10.8. The Kier molecular flexibility index (Phi) is 4.42. The van der Waals surface area contributed by atoms with E-state index in [1.165, 1.54) is 6.07 Å². The predicted molar refractivity (Wildman–Crippen MR) is 78.4 cm³/mol. The number of anilines is 1. The van der Waals surface area contributed by atoms with Gasteiger partial charge in [0.25, 0.3) is 5.69 Å². The number of nitrogens with one attached hydrogen (secondary N) is 1. The summed E-state index contributed by atoms with van der Waals surface area (Å²) in [6.07, 6.45) is 0. The van der Waals surface area contributed by atoms with Crippen molar-refractivity contribution in [2.24, 2.45) is 0 Å². The Hall–Kier alpha value is -2.27. The third kappa shape index (κ3) is 3.39. The first kappa shape index (κ1) is 14.1. The molecule has 20 heavy (non-hydrogen) atoms. The second kappa shape index (κ2) is 6.25. The van der Waals surface area contributed by atoms with E-state index in [0.717, 1.165) is 5.56 Å². The van der Waals surface area contributed by atoms with Crippen LogP contribution in [-0.2, 0) is 6.61 Å². The highest BCUT2D eigenvalue weighted by Gasteiger charge is 2.13. The summed E-state index contributed by atoms with van der Waals surface area (Å²) in [5.74, 6) is 0.662. The van der Waals surface area contributed by atoms with Gasteiger partial charge in [-0.3, -0.25) is 10.1 Å². The molecule has 1 N–H and O–H groups in total. The third-order valence-corrected chi connectivity index (χ3v) is 3.00. The van der Waals surface area contributed by atoms with Crippen molar-refractivity contribution < 1.29 is 9.66 Å². The third-order valence-electron chi connectivity index (χ3n) is 2.75. The Bertz CT molecular complexity index is 614. The first-order chi connectivity index (χ1) is 9.60. The van der Waals surface area contributed by atoms with E-state index in [1.807, 2.05) is 0 Å². The van der Waals surface area contributed by atoms with Crippen LogP contribution in [0.5, 0.6) is 5.75 Å². The van der Waals surface area contributed by atoms with Crippen molar-refractivity contribution in [1.82, 2.24) is 0 Å². The van der Waals surface area contributed by atoms with Crippen LogP contribution in [0.3, 0.4) is 0 Å². The number of rotatable bonds is 5. The summed E-state index contributed by atoms with van der Waals surface area (Å²) < 4.78 is 5.55. The molecule has 0 atom stereocenters. The highest BCUT2D eigenvalue weighted by molar-refractivity contribution is 6.30. The van der Waals surface area contributed by atoms with E-state index in [9.17, 15) is 10.1 Å². The lowest BCUT2D eigenvalue weighted by atomic mass is 10.2. The molecule has 2 rings (SSSR count). The Morgan fingerprint density at radius 1 is 1.25 bits per heavy atom. The van der Waals surface area contributed by atoms with E-state index >= 15 is 0 Å². The molecule has 0 radical (unpaired) electrons. The summed E-state index contributed by atoms with van der Waals surface area (Å²) in [4.78, 5) is 10.5. The summed E-state index contributed by atoms with van der Waals surface area (Å²) in [7, 11) is 1.65. The highest BCUT2D eigenvalue weighted by atomic mass is 35.5. The average molecular weight is 293 g/mol. The number of nitro groups is 1. The van der Waals surface area contributed by atoms with Crippen molar-refractivity contribution in [3.8, 4) is 5.75 Å². The molecule has 0 aromatic heterocycles. The van der Waals surface area contributed by atoms with Gasteiger partial charge >= 0.3 is 0 Å². The van der Waals surface area contributed by atoms with Crippen LogP contribution >= 0.6 is 11.6 Å². The minimum Gasteiger partial charge on any atom is -0.489 e. The van der Waals surface area contributed by atoms with Crippen LogP contribution in [0.4, 0.5) is 11.4 Å². The van der Waals surface area contributed by atoms with Crippen LogP contribution in [0.25, 0.3) is 0 Å². The van der Waals surface area contributed by atoms with E-state index in [0.29, 0.717) is 16.5 Å². The number of hydrogen-bond acceptors (Lipinski definition) is 4. The largest absolute Gasteiger partial charge is 0.489 e. The van der Waals surface area contributed by atoms with E-state index in [1.54, 1.807) is 43.4 Å². The molecule has 0 aliphatic rings. The van der Waals surface area contributed by atoms with Crippen molar-refractivity contribution in [2.45, 2.75) is 6.61 Å². The Labute approximate surface area is 121 Å². The summed E-state index contributed by atoms with van der Waals surface area (Å²) in [6.45, 7) is 0.256. The lowest BCUT2D eigenvalue weighted by molar-refractivity contribution is -0.384. The van der Waals surface area contributed by atoms with Crippen LogP contribution in [0.2, 0.25) is 5.02 Å². The van der Waals surface area contributed by atoms with Gasteiger partial charge in [0.1, 0.15) is 18.0 Å². The Morgan fingerprint density at radius 2 is 1.95 bits per heavy atom. The Morgan fingerprint density at radius 3 is 2.55 bits per heavy atom. The van der Waals surface area contributed by atoms with Crippen molar-refractivity contribution in [3.63, 3.8) is 0 Å². The second-order valence-corrected chi connectivity index (χ2v) is 4.54. The molecule has 0 saturated carbocycles.